The monoisotopic (exact) mass is 290 g/mol. The molecule has 1 N–H and O–H groups in total. The number of sulfone groups is 1. The van der Waals surface area contributed by atoms with Crippen molar-refractivity contribution >= 4 is 20.0 Å². The Kier molecular flexibility index (Phi) is 7.99. The van der Waals surface area contributed by atoms with Gasteiger partial charge in [-0.25, -0.2) is 8.42 Å². The van der Waals surface area contributed by atoms with Gasteiger partial charge in [-0.2, -0.15) is 8.42 Å². The summed E-state index contributed by atoms with van der Waals surface area (Å²) in [5, 5.41) is 0. The third-order valence-corrected chi connectivity index (χ3v) is 5.66. The van der Waals surface area contributed by atoms with Gasteiger partial charge in [0.05, 0.1) is 9.49 Å². The van der Waals surface area contributed by atoms with Crippen LogP contribution >= 0.6 is 0 Å². The highest BCUT2D eigenvalue weighted by Gasteiger charge is 2.25. The molecule has 0 aliphatic heterocycles. The van der Waals surface area contributed by atoms with Gasteiger partial charge in [0, 0.05) is 6.26 Å². The molecular formula is C10H26O5S2. The topological polar surface area (TPSA) is 88.5 Å². The Hall–Kier alpha value is -0.140. The van der Waals surface area contributed by atoms with Gasteiger partial charge in [0.25, 0.3) is 10.1 Å². The smallest absolute Gasteiger partial charge is 0.269 e. The Balaban J connectivity index is -0.000000218. The Bertz CT molecular complexity index is 363. The zero-order valence-electron chi connectivity index (χ0n) is 10.9. The van der Waals surface area contributed by atoms with Crippen LogP contribution in [0.25, 0.3) is 0 Å². The van der Waals surface area contributed by atoms with Crippen molar-refractivity contribution in [3.8, 4) is 0 Å². The summed E-state index contributed by atoms with van der Waals surface area (Å²) < 4.78 is 48.4. The first-order chi connectivity index (χ1) is 6.50. The van der Waals surface area contributed by atoms with Gasteiger partial charge in [-0.05, 0) is 41.5 Å². The van der Waals surface area contributed by atoms with Gasteiger partial charge in [-0.1, -0.05) is 7.43 Å². The summed E-state index contributed by atoms with van der Waals surface area (Å²) in [7, 11) is -6.68. The molecule has 0 aromatic carbocycles. The molecule has 0 saturated heterocycles. The van der Waals surface area contributed by atoms with Crippen molar-refractivity contribution in [2.75, 3.05) is 6.26 Å². The second kappa shape index (κ2) is 6.15. The average Bonchev–Trinajstić information content (AvgIpc) is 1.77. The Morgan fingerprint density at radius 2 is 0.882 bits per heavy atom. The van der Waals surface area contributed by atoms with E-state index in [4.69, 9.17) is 4.55 Å². The lowest BCUT2D eigenvalue weighted by molar-refractivity contribution is 0.450. The maximum absolute atomic E-state index is 10.7. The summed E-state index contributed by atoms with van der Waals surface area (Å²) in [6, 6.07) is 0. The number of hydrogen-bond donors (Lipinski definition) is 1. The first-order valence-electron chi connectivity index (χ1n) is 4.67. The molecular weight excluding hydrogens is 264 g/mol. The molecule has 108 valence electrons. The Morgan fingerprint density at radius 1 is 0.765 bits per heavy atom. The van der Waals surface area contributed by atoms with Crippen LogP contribution in [-0.4, -0.2) is 37.1 Å². The number of rotatable bonds is 0. The van der Waals surface area contributed by atoms with Gasteiger partial charge >= 0.3 is 0 Å². The highest BCUT2D eigenvalue weighted by atomic mass is 32.2. The van der Waals surface area contributed by atoms with E-state index in [1.54, 1.807) is 20.8 Å². The molecule has 0 aliphatic carbocycles. The van der Waals surface area contributed by atoms with E-state index in [0.29, 0.717) is 0 Å². The van der Waals surface area contributed by atoms with Crippen LogP contribution in [0.5, 0.6) is 0 Å². The lowest BCUT2D eigenvalue weighted by atomic mass is 10.3. The molecule has 0 unspecified atom stereocenters. The molecule has 5 nitrogen and oxygen atoms in total. The third kappa shape index (κ3) is 9.55. The Morgan fingerprint density at radius 3 is 0.882 bits per heavy atom. The minimum atomic E-state index is -3.84. The summed E-state index contributed by atoms with van der Waals surface area (Å²) in [5.74, 6) is 0. The standard InChI is InChI=1S/C5H12O2S.C4H10O3S.CH4/c1-5(2,3)8(4,6)7;1-4(2,3)8(5,6)7;/h1-4H3;1-3H3,(H,5,6,7);1H4. The first-order valence-corrected chi connectivity index (χ1v) is 8.00. The molecule has 0 heterocycles. The van der Waals surface area contributed by atoms with Gasteiger partial charge in [-0.3, -0.25) is 4.55 Å². The van der Waals surface area contributed by atoms with Gasteiger partial charge in [0.15, 0.2) is 9.84 Å². The molecule has 0 atom stereocenters. The van der Waals surface area contributed by atoms with Gasteiger partial charge in [0.1, 0.15) is 0 Å². The molecule has 0 aromatic heterocycles. The molecule has 0 fully saturated rings. The highest BCUT2D eigenvalue weighted by Crippen LogP contribution is 2.12. The van der Waals surface area contributed by atoms with Crippen molar-refractivity contribution in [3.63, 3.8) is 0 Å². The van der Waals surface area contributed by atoms with Gasteiger partial charge < -0.3 is 0 Å². The fourth-order valence-electron chi connectivity index (χ4n) is 0. The molecule has 0 radical (unpaired) electrons. The van der Waals surface area contributed by atoms with Crippen LogP contribution in [-0.2, 0) is 20.0 Å². The maximum Gasteiger partial charge on any atom is 0.269 e. The first kappa shape index (κ1) is 22.1. The second-order valence-corrected chi connectivity index (χ2v) is 10.4. The molecule has 0 aromatic rings. The zero-order valence-corrected chi connectivity index (χ0v) is 12.5. The molecule has 0 amide bonds. The Labute approximate surface area is 106 Å². The lowest BCUT2D eigenvalue weighted by Gasteiger charge is -2.14. The summed E-state index contributed by atoms with van der Waals surface area (Å²) in [5.41, 5.74) is 0. The van der Waals surface area contributed by atoms with Crippen molar-refractivity contribution in [1.29, 1.82) is 0 Å². The van der Waals surface area contributed by atoms with Crippen LogP contribution in [0.15, 0.2) is 0 Å². The van der Waals surface area contributed by atoms with Crippen molar-refractivity contribution in [2.45, 2.75) is 58.5 Å². The van der Waals surface area contributed by atoms with E-state index in [-0.39, 0.29) is 7.43 Å². The van der Waals surface area contributed by atoms with E-state index >= 15 is 0 Å². The van der Waals surface area contributed by atoms with E-state index in [2.05, 4.69) is 0 Å². The second-order valence-electron chi connectivity index (χ2n) is 5.47. The van der Waals surface area contributed by atoms with Gasteiger partial charge in [-0.15, -0.1) is 0 Å². The molecule has 0 bridgehead atoms. The quantitative estimate of drug-likeness (QED) is 0.690. The van der Waals surface area contributed by atoms with E-state index in [9.17, 15) is 16.8 Å². The molecule has 7 heteroatoms. The fourth-order valence-corrected chi connectivity index (χ4v) is 0. The van der Waals surface area contributed by atoms with Crippen LogP contribution in [0.1, 0.15) is 49.0 Å². The minimum Gasteiger partial charge on any atom is -0.285 e. The normalized spacial score (nSPS) is 13.2. The summed E-state index contributed by atoms with van der Waals surface area (Å²) in [6.45, 7) is 9.35. The molecule has 17 heavy (non-hydrogen) atoms. The van der Waals surface area contributed by atoms with E-state index in [1.165, 1.54) is 27.0 Å². The molecule has 0 aliphatic rings. The predicted molar refractivity (Wildman–Crippen MR) is 72.6 cm³/mol. The number of hydrogen-bond acceptors (Lipinski definition) is 4. The van der Waals surface area contributed by atoms with Gasteiger partial charge in [0.2, 0.25) is 0 Å². The van der Waals surface area contributed by atoms with Crippen LogP contribution < -0.4 is 0 Å². The summed E-state index contributed by atoms with van der Waals surface area (Å²) in [4.78, 5) is 0. The summed E-state index contributed by atoms with van der Waals surface area (Å²) in [6.07, 6.45) is 1.24. The van der Waals surface area contributed by atoms with E-state index < -0.39 is 29.4 Å². The lowest BCUT2D eigenvalue weighted by Crippen LogP contribution is -2.26. The minimum absolute atomic E-state index is 0. The van der Waals surface area contributed by atoms with E-state index in [0.717, 1.165) is 0 Å². The molecule has 0 saturated carbocycles. The molecule has 0 rings (SSSR count). The summed E-state index contributed by atoms with van der Waals surface area (Å²) >= 11 is 0. The van der Waals surface area contributed by atoms with Crippen LogP contribution in [0.3, 0.4) is 0 Å². The largest absolute Gasteiger partial charge is 0.285 e. The van der Waals surface area contributed by atoms with Crippen molar-refractivity contribution in [3.05, 3.63) is 0 Å². The van der Waals surface area contributed by atoms with Crippen molar-refractivity contribution in [1.82, 2.24) is 0 Å². The average molecular weight is 290 g/mol. The zero-order chi connectivity index (χ0) is 14.0. The van der Waals surface area contributed by atoms with Crippen LogP contribution in [0.2, 0.25) is 0 Å². The van der Waals surface area contributed by atoms with Crippen molar-refractivity contribution < 1.29 is 21.4 Å². The maximum atomic E-state index is 10.7. The third-order valence-electron chi connectivity index (χ3n) is 1.89. The van der Waals surface area contributed by atoms with Crippen LogP contribution in [0.4, 0.5) is 0 Å². The fraction of sp³-hybridized carbons (Fsp3) is 1.00. The van der Waals surface area contributed by atoms with Crippen LogP contribution in [0, 0.1) is 0 Å². The van der Waals surface area contributed by atoms with E-state index in [1.807, 2.05) is 0 Å². The molecule has 0 spiro atoms. The predicted octanol–water partition coefficient (Wildman–Crippen LogP) is 2.14. The van der Waals surface area contributed by atoms with Crippen molar-refractivity contribution in [2.24, 2.45) is 0 Å². The highest BCUT2D eigenvalue weighted by molar-refractivity contribution is 7.92. The SMILES string of the molecule is C.CC(C)(C)S(=O)(=O)O.CC(C)(C)S(C)(=O)=O.